The molecule has 1 aliphatic carbocycles. The van der Waals surface area contributed by atoms with Gasteiger partial charge in [0, 0.05) is 35.4 Å². The van der Waals surface area contributed by atoms with Crippen LogP contribution in [-0.4, -0.2) is 49.6 Å². The Hall–Kier alpha value is -3.02. The minimum absolute atomic E-state index is 0.233. The van der Waals surface area contributed by atoms with Crippen LogP contribution in [0.4, 0.5) is 0 Å². The average Bonchev–Trinajstić information content (AvgIpc) is 3.45. The highest BCUT2D eigenvalue weighted by Crippen LogP contribution is 2.43. The van der Waals surface area contributed by atoms with Crippen LogP contribution in [0.15, 0.2) is 34.8 Å². The summed E-state index contributed by atoms with van der Waals surface area (Å²) in [6.07, 6.45) is 6.75. The second kappa shape index (κ2) is 6.25. The summed E-state index contributed by atoms with van der Waals surface area (Å²) in [7, 11) is 1.82. The number of aryl methyl sites for hydroxylation is 1. The van der Waals surface area contributed by atoms with Crippen molar-refractivity contribution in [1.29, 1.82) is 0 Å². The van der Waals surface area contributed by atoms with E-state index in [1.807, 2.05) is 19.2 Å². The first-order valence-electron chi connectivity index (χ1n) is 10.0. The minimum Gasteiger partial charge on any atom is -0.611 e. The number of hydrogen-bond donors (Lipinski definition) is 1. The van der Waals surface area contributed by atoms with E-state index in [2.05, 4.69) is 31.6 Å². The first-order valence-corrected chi connectivity index (χ1v) is 12.1. The quantitative estimate of drug-likeness (QED) is 0.415. The molecule has 0 saturated heterocycles. The molecular weight excluding hydrogens is 432 g/mol. The lowest BCUT2D eigenvalue weighted by Crippen LogP contribution is -2.28. The molecule has 6 aromatic rings. The standard InChI is InChI=1S/C20H16N8OS2/c1-27-18-14(24-26-27)7-10(9-21-18)13-8-12-15-5-6-22-28(15)25-17-16(12)19(23-13)30-20(17)31(29)11-3-2-4-11/h5-9,11,25H,2-4H2,1H3/t31-/m0/s1. The molecule has 154 valence electrons. The predicted molar refractivity (Wildman–Crippen MR) is 120 cm³/mol. The minimum atomic E-state index is -1.05. The predicted octanol–water partition coefficient (Wildman–Crippen LogP) is 3.43. The molecule has 9 nitrogen and oxygen atoms in total. The summed E-state index contributed by atoms with van der Waals surface area (Å²) in [6.45, 7) is 0. The summed E-state index contributed by atoms with van der Waals surface area (Å²) in [5.74, 6) is 0. The second-order valence-corrected chi connectivity index (χ2v) is 10.8. The number of pyridine rings is 2. The monoisotopic (exact) mass is 448 g/mol. The van der Waals surface area contributed by atoms with E-state index in [-0.39, 0.29) is 5.25 Å². The van der Waals surface area contributed by atoms with Gasteiger partial charge in [0.05, 0.1) is 22.8 Å². The molecule has 1 fully saturated rings. The number of thiophene rings is 1. The zero-order valence-corrected chi connectivity index (χ0v) is 18.1. The van der Waals surface area contributed by atoms with Crippen LogP contribution >= 0.6 is 11.3 Å². The Bertz CT molecular complexity index is 1620. The number of aromatic nitrogens is 8. The second-order valence-electron chi connectivity index (χ2n) is 7.87. The largest absolute Gasteiger partial charge is 0.611 e. The molecule has 0 unspecified atom stereocenters. The molecule has 0 amide bonds. The Morgan fingerprint density at radius 1 is 1.29 bits per heavy atom. The van der Waals surface area contributed by atoms with Crippen molar-refractivity contribution in [1.82, 2.24) is 39.8 Å². The third-order valence-electron chi connectivity index (χ3n) is 6.04. The highest BCUT2D eigenvalue weighted by molar-refractivity contribution is 7.94. The molecule has 11 heteroatoms. The molecule has 0 bridgehead atoms. The third kappa shape index (κ3) is 2.45. The van der Waals surface area contributed by atoms with Crippen molar-refractivity contribution < 1.29 is 4.55 Å². The van der Waals surface area contributed by atoms with Crippen LogP contribution in [0.1, 0.15) is 19.3 Å². The fourth-order valence-electron chi connectivity index (χ4n) is 4.18. The van der Waals surface area contributed by atoms with Crippen molar-refractivity contribution in [2.75, 3.05) is 0 Å². The molecule has 1 N–H and O–H groups in total. The zero-order chi connectivity index (χ0) is 20.7. The van der Waals surface area contributed by atoms with Crippen LogP contribution < -0.4 is 0 Å². The van der Waals surface area contributed by atoms with Gasteiger partial charge in [-0.1, -0.05) is 16.6 Å². The normalized spacial score (nSPS) is 16.1. The molecule has 0 radical (unpaired) electrons. The lowest BCUT2D eigenvalue weighted by Gasteiger charge is -2.26. The van der Waals surface area contributed by atoms with Gasteiger partial charge in [0.2, 0.25) is 4.21 Å². The molecule has 6 aromatic heterocycles. The van der Waals surface area contributed by atoms with Gasteiger partial charge >= 0.3 is 0 Å². The number of nitrogens with one attached hydrogen (secondary N) is 1. The Morgan fingerprint density at radius 3 is 3.03 bits per heavy atom. The van der Waals surface area contributed by atoms with E-state index >= 15 is 0 Å². The van der Waals surface area contributed by atoms with E-state index in [1.54, 1.807) is 21.7 Å². The van der Waals surface area contributed by atoms with Crippen molar-refractivity contribution in [2.45, 2.75) is 28.7 Å². The number of hydrogen-bond acceptors (Lipinski definition) is 7. The lowest BCUT2D eigenvalue weighted by atomic mass is 10.0. The molecule has 1 atom stereocenters. The maximum atomic E-state index is 13.3. The van der Waals surface area contributed by atoms with Gasteiger partial charge in [-0.25, -0.2) is 14.6 Å². The van der Waals surface area contributed by atoms with Crippen molar-refractivity contribution in [2.24, 2.45) is 7.05 Å². The Kier molecular flexibility index (Phi) is 3.56. The van der Waals surface area contributed by atoms with Gasteiger partial charge in [0.1, 0.15) is 21.1 Å². The van der Waals surface area contributed by atoms with Crippen LogP contribution in [0.25, 0.3) is 49.1 Å². The SMILES string of the molecule is Cn1nnc2cc(-c3cc4c5c(n3)sc([S@@+]([O-])C3CCC3)c5[nH]n3nccc43)cnc21. The Morgan fingerprint density at radius 2 is 2.19 bits per heavy atom. The highest BCUT2D eigenvalue weighted by atomic mass is 32.2. The van der Waals surface area contributed by atoms with E-state index in [0.29, 0.717) is 0 Å². The third-order valence-corrected chi connectivity index (χ3v) is 9.31. The Labute approximate surface area is 182 Å². The Balaban J connectivity index is 1.52. The fraction of sp³-hybridized carbons (Fsp3) is 0.250. The summed E-state index contributed by atoms with van der Waals surface area (Å²) < 4.78 is 17.5. The first-order chi connectivity index (χ1) is 15.2. The molecule has 0 spiro atoms. The molecule has 6 heterocycles. The number of aromatic amines is 1. The van der Waals surface area contributed by atoms with E-state index in [9.17, 15) is 4.55 Å². The van der Waals surface area contributed by atoms with E-state index in [0.717, 1.165) is 72.5 Å². The zero-order valence-electron chi connectivity index (χ0n) is 16.4. The van der Waals surface area contributed by atoms with Crippen molar-refractivity contribution >= 4 is 60.3 Å². The lowest BCUT2D eigenvalue weighted by molar-refractivity contribution is 0.478. The maximum Gasteiger partial charge on any atom is 0.234 e. The molecular formula is C20H16N8OS2. The van der Waals surface area contributed by atoms with E-state index < -0.39 is 11.2 Å². The molecule has 0 aromatic carbocycles. The van der Waals surface area contributed by atoms with Crippen LogP contribution in [0.3, 0.4) is 0 Å². The molecule has 1 aliphatic rings. The van der Waals surface area contributed by atoms with Gasteiger partial charge in [0.25, 0.3) is 0 Å². The summed E-state index contributed by atoms with van der Waals surface area (Å²) in [4.78, 5) is 10.3. The van der Waals surface area contributed by atoms with Gasteiger partial charge < -0.3 is 4.55 Å². The van der Waals surface area contributed by atoms with Gasteiger partial charge in [-0.3, -0.25) is 5.10 Å². The number of nitrogens with zero attached hydrogens (tertiary/aromatic N) is 7. The van der Waals surface area contributed by atoms with Gasteiger partial charge in [0.15, 0.2) is 5.65 Å². The average molecular weight is 449 g/mol. The van der Waals surface area contributed by atoms with Gasteiger partial charge in [-0.05, 0) is 37.5 Å². The van der Waals surface area contributed by atoms with Crippen LogP contribution in [0, 0.1) is 0 Å². The van der Waals surface area contributed by atoms with Crippen molar-refractivity contribution in [3.05, 3.63) is 30.6 Å². The molecule has 7 rings (SSSR count). The van der Waals surface area contributed by atoms with Crippen LogP contribution in [-0.2, 0) is 18.2 Å². The molecule has 31 heavy (non-hydrogen) atoms. The van der Waals surface area contributed by atoms with E-state index in [1.165, 1.54) is 11.3 Å². The smallest absolute Gasteiger partial charge is 0.234 e. The van der Waals surface area contributed by atoms with E-state index in [4.69, 9.17) is 4.98 Å². The van der Waals surface area contributed by atoms with Crippen LogP contribution in [0.2, 0.25) is 0 Å². The maximum absolute atomic E-state index is 13.3. The number of H-pyrrole nitrogens is 1. The number of rotatable bonds is 3. The topological polar surface area (TPSA) is 113 Å². The van der Waals surface area contributed by atoms with Gasteiger partial charge in [-0.2, -0.15) is 9.73 Å². The fourth-order valence-corrected chi connectivity index (χ4v) is 7.45. The summed E-state index contributed by atoms with van der Waals surface area (Å²) in [5, 5.41) is 18.3. The molecule has 0 aliphatic heterocycles. The summed E-state index contributed by atoms with van der Waals surface area (Å²) in [5.41, 5.74) is 4.94. The van der Waals surface area contributed by atoms with Crippen molar-refractivity contribution in [3.63, 3.8) is 0 Å². The highest BCUT2D eigenvalue weighted by Gasteiger charge is 2.35. The van der Waals surface area contributed by atoms with Crippen molar-refractivity contribution in [3.8, 4) is 11.3 Å². The summed E-state index contributed by atoms with van der Waals surface area (Å²) >= 11 is 0.462. The first kappa shape index (κ1) is 17.6. The summed E-state index contributed by atoms with van der Waals surface area (Å²) in [6, 6.07) is 5.98. The number of fused-ring (bicyclic) bond motifs is 3. The molecule has 1 saturated carbocycles. The van der Waals surface area contributed by atoms with Gasteiger partial charge in [-0.15, -0.1) is 5.10 Å². The van der Waals surface area contributed by atoms with Crippen LogP contribution in [0.5, 0.6) is 0 Å².